The van der Waals surface area contributed by atoms with Gasteiger partial charge in [0, 0.05) is 49.3 Å². The second-order valence-electron chi connectivity index (χ2n) is 8.36. The van der Waals surface area contributed by atoms with E-state index in [4.69, 9.17) is 4.98 Å². The van der Waals surface area contributed by atoms with Crippen molar-refractivity contribution in [1.29, 1.82) is 0 Å². The van der Waals surface area contributed by atoms with Crippen molar-refractivity contribution in [2.45, 2.75) is 44.9 Å². The van der Waals surface area contributed by atoms with Gasteiger partial charge in [0.15, 0.2) is 0 Å². The van der Waals surface area contributed by atoms with Crippen LogP contribution in [0.1, 0.15) is 53.4 Å². The lowest BCUT2D eigenvalue weighted by Crippen LogP contribution is -2.38. The van der Waals surface area contributed by atoms with Crippen molar-refractivity contribution < 1.29 is 9.59 Å². The van der Waals surface area contributed by atoms with Gasteiger partial charge in [-0.1, -0.05) is 29.8 Å². The molecule has 2 amide bonds. The maximum atomic E-state index is 12.7. The predicted octanol–water partition coefficient (Wildman–Crippen LogP) is 3.94. The van der Waals surface area contributed by atoms with E-state index in [-0.39, 0.29) is 17.7 Å². The third-order valence-corrected chi connectivity index (χ3v) is 6.83. The van der Waals surface area contributed by atoms with Gasteiger partial charge in [0.25, 0.3) is 0 Å². The Morgan fingerprint density at radius 1 is 1.23 bits per heavy atom. The molecular formula is C24H29N3O2S. The minimum atomic E-state index is 0.0693. The lowest BCUT2D eigenvalue weighted by Gasteiger charge is -2.31. The van der Waals surface area contributed by atoms with E-state index in [1.807, 2.05) is 23.1 Å². The monoisotopic (exact) mass is 423 g/mol. The Bertz CT molecular complexity index is 915. The molecule has 1 unspecified atom stereocenters. The van der Waals surface area contributed by atoms with Crippen LogP contribution in [0.25, 0.3) is 6.08 Å². The Morgan fingerprint density at radius 2 is 2.03 bits per heavy atom. The number of hydrogen-bond donors (Lipinski definition) is 1. The number of rotatable bonds is 7. The zero-order valence-corrected chi connectivity index (χ0v) is 18.3. The Balaban J connectivity index is 1.28. The number of carbonyl (C=O) groups excluding carboxylic acids is 2. The molecule has 2 fully saturated rings. The van der Waals surface area contributed by atoms with E-state index in [1.54, 1.807) is 17.4 Å². The first-order chi connectivity index (χ1) is 14.6. The van der Waals surface area contributed by atoms with E-state index in [9.17, 15) is 9.59 Å². The van der Waals surface area contributed by atoms with Crippen molar-refractivity contribution in [3.63, 3.8) is 0 Å². The fourth-order valence-corrected chi connectivity index (χ4v) is 4.74. The van der Waals surface area contributed by atoms with Crippen molar-refractivity contribution in [3.05, 3.63) is 57.6 Å². The number of aromatic nitrogens is 1. The molecule has 158 valence electrons. The number of carbonyl (C=O) groups is 2. The first-order valence-electron chi connectivity index (χ1n) is 10.8. The van der Waals surface area contributed by atoms with Crippen molar-refractivity contribution >= 4 is 29.2 Å². The van der Waals surface area contributed by atoms with Crippen LogP contribution in [0.2, 0.25) is 0 Å². The van der Waals surface area contributed by atoms with Gasteiger partial charge in [0.2, 0.25) is 11.8 Å². The van der Waals surface area contributed by atoms with Gasteiger partial charge in [-0.3, -0.25) is 9.59 Å². The molecule has 0 spiro atoms. The van der Waals surface area contributed by atoms with Crippen LogP contribution >= 0.6 is 11.3 Å². The summed E-state index contributed by atoms with van der Waals surface area (Å²) in [7, 11) is 0. The summed E-state index contributed by atoms with van der Waals surface area (Å²) in [5.74, 6) is 0.808. The Hall–Kier alpha value is -2.47. The van der Waals surface area contributed by atoms with E-state index in [2.05, 4.69) is 29.8 Å². The number of amides is 2. The fourth-order valence-electron chi connectivity index (χ4n) is 3.76. The van der Waals surface area contributed by atoms with E-state index in [1.165, 1.54) is 5.56 Å². The normalized spacial score (nSPS) is 19.2. The number of likely N-dealkylation sites (tertiary alicyclic amines) is 1. The zero-order valence-electron chi connectivity index (χ0n) is 17.5. The highest BCUT2D eigenvalue weighted by Crippen LogP contribution is 2.30. The van der Waals surface area contributed by atoms with E-state index >= 15 is 0 Å². The smallest absolute Gasteiger partial charge is 0.246 e. The second kappa shape index (κ2) is 9.56. The molecule has 0 bridgehead atoms. The van der Waals surface area contributed by atoms with Crippen LogP contribution in [-0.4, -0.2) is 41.3 Å². The minimum absolute atomic E-state index is 0.0693. The first-order valence-corrected chi connectivity index (χ1v) is 11.7. The van der Waals surface area contributed by atoms with Crippen molar-refractivity contribution in [2.75, 3.05) is 19.6 Å². The molecule has 0 radical (unpaired) electrons. The first kappa shape index (κ1) is 20.8. The summed E-state index contributed by atoms with van der Waals surface area (Å²) < 4.78 is 0. The average molecular weight is 424 g/mol. The van der Waals surface area contributed by atoms with Gasteiger partial charge in [0.1, 0.15) is 0 Å². The van der Waals surface area contributed by atoms with Gasteiger partial charge in [0.05, 0.1) is 10.7 Å². The van der Waals surface area contributed by atoms with Gasteiger partial charge in [-0.15, -0.1) is 11.3 Å². The zero-order chi connectivity index (χ0) is 20.9. The summed E-state index contributed by atoms with van der Waals surface area (Å²) in [6.07, 6.45) is 8.47. The number of benzene rings is 1. The molecule has 1 aliphatic carbocycles. The Kier molecular flexibility index (Phi) is 6.62. The molecule has 1 atom stereocenters. The van der Waals surface area contributed by atoms with E-state index < -0.39 is 0 Å². The van der Waals surface area contributed by atoms with Crippen LogP contribution in [0, 0.1) is 12.8 Å². The summed E-state index contributed by atoms with van der Waals surface area (Å²) in [6.45, 7) is 4.24. The lowest BCUT2D eigenvalue weighted by atomic mass is 9.98. The van der Waals surface area contributed by atoms with Gasteiger partial charge >= 0.3 is 0 Å². The van der Waals surface area contributed by atoms with Crippen molar-refractivity contribution in [2.24, 2.45) is 5.92 Å². The summed E-state index contributed by atoms with van der Waals surface area (Å²) in [4.78, 5) is 31.1. The SMILES string of the molecule is Cc1ccc(/C=C/C(=O)N2CCCC(c3nc(CCNC(=O)C4CC4)cs3)C2)cc1. The van der Waals surface area contributed by atoms with Crippen LogP contribution < -0.4 is 5.32 Å². The molecule has 1 saturated carbocycles. The van der Waals surface area contributed by atoms with Crippen molar-refractivity contribution in [3.8, 4) is 0 Å². The maximum absolute atomic E-state index is 12.7. The fraction of sp³-hybridized carbons (Fsp3) is 0.458. The molecule has 30 heavy (non-hydrogen) atoms. The standard InChI is InChI=1S/C24H29N3O2S/c1-17-4-6-18(7-5-17)8-11-22(28)27-14-2-3-20(15-27)24-26-21(16-30-24)12-13-25-23(29)19-9-10-19/h4-8,11,16,19-20H,2-3,9-10,12-15H2,1H3,(H,25,29)/b11-8+. The summed E-state index contributed by atoms with van der Waals surface area (Å²) in [5, 5.41) is 6.20. The van der Waals surface area contributed by atoms with E-state index in [0.717, 1.165) is 61.5 Å². The number of hydrogen-bond acceptors (Lipinski definition) is 4. The topological polar surface area (TPSA) is 62.3 Å². The molecule has 1 aliphatic heterocycles. The van der Waals surface area contributed by atoms with Crippen LogP contribution in [-0.2, 0) is 16.0 Å². The third-order valence-electron chi connectivity index (χ3n) is 5.78. The van der Waals surface area contributed by atoms with Crippen LogP contribution in [0.3, 0.4) is 0 Å². The van der Waals surface area contributed by atoms with Crippen molar-refractivity contribution in [1.82, 2.24) is 15.2 Å². The summed E-state index contributed by atoms with van der Waals surface area (Å²) in [6, 6.07) is 8.17. The largest absolute Gasteiger partial charge is 0.355 e. The maximum Gasteiger partial charge on any atom is 0.246 e. The molecule has 1 aromatic carbocycles. The average Bonchev–Trinajstić information content (AvgIpc) is 3.52. The third kappa shape index (κ3) is 5.57. The van der Waals surface area contributed by atoms with E-state index in [0.29, 0.717) is 12.5 Å². The molecule has 6 heteroatoms. The predicted molar refractivity (Wildman–Crippen MR) is 120 cm³/mol. The molecule has 2 heterocycles. The molecule has 2 aromatic rings. The van der Waals surface area contributed by atoms with Gasteiger partial charge in [-0.05, 0) is 44.2 Å². The minimum Gasteiger partial charge on any atom is -0.355 e. The molecule has 5 nitrogen and oxygen atoms in total. The lowest BCUT2D eigenvalue weighted by molar-refractivity contribution is -0.127. The number of nitrogens with zero attached hydrogens (tertiary/aromatic N) is 2. The molecule has 1 saturated heterocycles. The van der Waals surface area contributed by atoms with Crippen LogP contribution in [0.15, 0.2) is 35.7 Å². The number of nitrogens with one attached hydrogen (secondary N) is 1. The molecular weight excluding hydrogens is 394 g/mol. The Morgan fingerprint density at radius 3 is 2.80 bits per heavy atom. The van der Waals surface area contributed by atoms with Crippen LogP contribution in [0.5, 0.6) is 0 Å². The summed E-state index contributed by atoms with van der Waals surface area (Å²) >= 11 is 1.68. The highest BCUT2D eigenvalue weighted by molar-refractivity contribution is 7.09. The summed E-state index contributed by atoms with van der Waals surface area (Å²) in [5.41, 5.74) is 3.29. The second-order valence-corrected chi connectivity index (χ2v) is 9.25. The molecule has 1 N–H and O–H groups in total. The molecule has 1 aromatic heterocycles. The van der Waals surface area contributed by atoms with Crippen LogP contribution in [0.4, 0.5) is 0 Å². The number of piperidine rings is 1. The molecule has 2 aliphatic rings. The Labute approximate surface area is 182 Å². The highest BCUT2D eigenvalue weighted by Gasteiger charge is 2.29. The number of aryl methyl sites for hydroxylation is 1. The van der Waals surface area contributed by atoms with Gasteiger partial charge in [-0.25, -0.2) is 4.98 Å². The highest BCUT2D eigenvalue weighted by atomic mass is 32.1. The molecule has 4 rings (SSSR count). The van der Waals surface area contributed by atoms with Gasteiger partial charge < -0.3 is 10.2 Å². The quantitative estimate of drug-likeness (QED) is 0.686. The number of thiazole rings is 1. The van der Waals surface area contributed by atoms with Gasteiger partial charge in [-0.2, -0.15) is 0 Å².